The largest absolute Gasteiger partial charge is 0.493 e. The molecule has 2 aromatic carbocycles. The van der Waals surface area contributed by atoms with Gasteiger partial charge in [-0.25, -0.2) is 4.79 Å². The van der Waals surface area contributed by atoms with Gasteiger partial charge in [0.05, 0.1) is 7.11 Å². The van der Waals surface area contributed by atoms with Crippen LogP contribution in [0, 0.1) is 11.6 Å². The molecule has 2 N–H and O–H groups in total. The number of hydrogen-bond donors (Lipinski definition) is 2. The van der Waals surface area contributed by atoms with Gasteiger partial charge in [0.2, 0.25) is 0 Å². The zero-order valence-electron chi connectivity index (χ0n) is 17.5. The number of H-pyrrole nitrogens is 2. The number of pyridine rings is 1. The van der Waals surface area contributed by atoms with Crippen LogP contribution >= 0.6 is 12.2 Å². The first-order valence-electron chi connectivity index (χ1n) is 10.1. The third kappa shape index (κ3) is 3.67. The smallest absolute Gasteiger partial charge is 0.347 e. The van der Waals surface area contributed by atoms with Crippen LogP contribution in [-0.4, -0.2) is 23.0 Å². The molecule has 0 saturated heterocycles. The first kappa shape index (κ1) is 20.1. The summed E-state index contributed by atoms with van der Waals surface area (Å²) in [5.41, 5.74) is 4.69. The highest BCUT2D eigenvalue weighted by molar-refractivity contribution is 7.71. The van der Waals surface area contributed by atoms with Gasteiger partial charge in [0.25, 0.3) is 0 Å². The zero-order chi connectivity index (χ0) is 22.2. The Balaban J connectivity index is 1.49. The van der Waals surface area contributed by atoms with Crippen LogP contribution < -0.4 is 9.47 Å². The molecule has 0 radical (unpaired) electrons. The van der Waals surface area contributed by atoms with Gasteiger partial charge in [0, 0.05) is 40.0 Å². The monoisotopic (exact) mass is 444 g/mol. The van der Waals surface area contributed by atoms with E-state index in [1.165, 1.54) is 0 Å². The highest BCUT2D eigenvalue weighted by Gasteiger charge is 2.28. The van der Waals surface area contributed by atoms with Crippen molar-refractivity contribution in [1.82, 2.24) is 9.97 Å². The summed E-state index contributed by atoms with van der Waals surface area (Å²) < 4.78 is 17.4. The molecule has 1 aliphatic rings. The molecule has 6 nitrogen and oxygen atoms in total. The number of aromatic amines is 2. The number of fused-ring (bicyclic) bond motifs is 2. The van der Waals surface area contributed by atoms with Crippen molar-refractivity contribution in [1.29, 1.82) is 0 Å². The minimum absolute atomic E-state index is 0.384. The summed E-state index contributed by atoms with van der Waals surface area (Å²) in [6.45, 7) is 2.33. The van der Waals surface area contributed by atoms with Crippen molar-refractivity contribution in [2.45, 2.75) is 13.5 Å². The number of rotatable bonds is 5. The fraction of sp³-hybridized carbons (Fsp3) is 0.120. The lowest BCUT2D eigenvalue weighted by Gasteiger charge is -2.11. The van der Waals surface area contributed by atoms with Crippen molar-refractivity contribution in [3.8, 4) is 11.5 Å². The number of carbonyl (C=O) groups is 1. The summed E-state index contributed by atoms with van der Waals surface area (Å²) >= 11 is 5.30. The van der Waals surface area contributed by atoms with Crippen LogP contribution in [-0.2, 0) is 11.3 Å². The van der Waals surface area contributed by atoms with Crippen LogP contribution in [0.3, 0.4) is 0 Å². The van der Waals surface area contributed by atoms with E-state index in [0.29, 0.717) is 39.6 Å². The molecule has 3 heterocycles. The first-order chi connectivity index (χ1) is 15.5. The van der Waals surface area contributed by atoms with Crippen molar-refractivity contribution in [3.63, 3.8) is 0 Å². The summed E-state index contributed by atoms with van der Waals surface area (Å²) in [4.78, 5) is 18.6. The van der Waals surface area contributed by atoms with Crippen LogP contribution in [0.2, 0.25) is 0 Å². The number of methoxy groups -OCH3 is 1. The summed E-state index contributed by atoms with van der Waals surface area (Å²) in [5.74, 6) is 1.31. The molecule has 0 unspecified atom stereocenters. The molecule has 1 aliphatic heterocycles. The third-order valence-electron chi connectivity index (χ3n) is 5.29. The second kappa shape index (κ2) is 8.01. The van der Waals surface area contributed by atoms with Crippen molar-refractivity contribution in [3.05, 3.63) is 87.3 Å². The number of benzene rings is 2. The number of aromatic nitrogens is 2. The average molecular weight is 445 g/mol. The van der Waals surface area contributed by atoms with Gasteiger partial charge >= 0.3 is 5.97 Å². The van der Waals surface area contributed by atoms with E-state index in [1.807, 2.05) is 61.5 Å². The second-order valence-electron chi connectivity index (χ2n) is 7.56. The van der Waals surface area contributed by atoms with E-state index < -0.39 is 5.97 Å². The highest BCUT2D eigenvalue weighted by Crippen LogP contribution is 2.35. The van der Waals surface area contributed by atoms with Crippen LogP contribution in [0.1, 0.15) is 32.9 Å². The SMILES string of the molecule is COc1cc2cc(/C=C3\OC(=O)c4c3cc(C)[nH]c4=S)[nH]c2cc1OCc1ccccc1. The van der Waals surface area contributed by atoms with Gasteiger partial charge < -0.3 is 24.2 Å². The van der Waals surface area contributed by atoms with E-state index >= 15 is 0 Å². The molecule has 0 atom stereocenters. The topological polar surface area (TPSA) is 76.3 Å². The Labute approximate surface area is 189 Å². The van der Waals surface area contributed by atoms with E-state index in [9.17, 15) is 4.79 Å². The number of aryl methyl sites for hydroxylation is 1. The Morgan fingerprint density at radius 3 is 2.66 bits per heavy atom. The van der Waals surface area contributed by atoms with E-state index in [1.54, 1.807) is 13.2 Å². The van der Waals surface area contributed by atoms with Crippen molar-refractivity contribution >= 4 is 40.9 Å². The van der Waals surface area contributed by atoms with E-state index in [2.05, 4.69) is 9.97 Å². The molecular formula is C25H20N2O4S. The molecule has 160 valence electrons. The molecule has 0 bridgehead atoms. The number of nitrogens with one attached hydrogen (secondary N) is 2. The highest BCUT2D eigenvalue weighted by atomic mass is 32.1. The van der Waals surface area contributed by atoms with Crippen LogP contribution in [0.5, 0.6) is 11.5 Å². The molecule has 0 aliphatic carbocycles. The lowest BCUT2D eigenvalue weighted by atomic mass is 10.1. The molecule has 0 spiro atoms. The molecule has 7 heteroatoms. The molecule has 5 rings (SSSR count). The third-order valence-corrected chi connectivity index (χ3v) is 5.60. The van der Waals surface area contributed by atoms with Crippen molar-refractivity contribution in [2.24, 2.45) is 0 Å². The van der Waals surface area contributed by atoms with Gasteiger partial charge in [0.1, 0.15) is 22.6 Å². The van der Waals surface area contributed by atoms with Crippen LogP contribution in [0.25, 0.3) is 22.7 Å². The van der Waals surface area contributed by atoms with Gasteiger partial charge in [-0.3, -0.25) is 0 Å². The maximum absolute atomic E-state index is 12.3. The van der Waals surface area contributed by atoms with Gasteiger partial charge in [-0.1, -0.05) is 42.5 Å². The number of carbonyl (C=O) groups excluding carboxylic acids is 1. The Morgan fingerprint density at radius 1 is 1.06 bits per heavy atom. The molecule has 4 aromatic rings. The number of esters is 1. The molecule has 0 amide bonds. The zero-order valence-corrected chi connectivity index (χ0v) is 18.3. The quantitative estimate of drug-likeness (QED) is 0.301. The summed E-state index contributed by atoms with van der Waals surface area (Å²) in [6.07, 6.45) is 1.80. The van der Waals surface area contributed by atoms with Crippen molar-refractivity contribution < 1.29 is 19.0 Å². The van der Waals surface area contributed by atoms with Gasteiger partial charge in [0.15, 0.2) is 11.5 Å². The minimum Gasteiger partial charge on any atom is -0.493 e. The fourth-order valence-corrected chi connectivity index (χ4v) is 4.14. The number of cyclic esters (lactones) is 1. The Hall–Kier alpha value is -3.84. The predicted molar refractivity (Wildman–Crippen MR) is 125 cm³/mol. The van der Waals surface area contributed by atoms with Crippen LogP contribution in [0.15, 0.2) is 54.6 Å². The van der Waals surface area contributed by atoms with Gasteiger partial charge in [-0.15, -0.1) is 0 Å². The molecule has 0 saturated carbocycles. The molecule has 2 aromatic heterocycles. The van der Waals surface area contributed by atoms with Gasteiger partial charge in [-0.2, -0.15) is 0 Å². The lowest BCUT2D eigenvalue weighted by Crippen LogP contribution is -1.97. The van der Waals surface area contributed by atoms with Crippen LogP contribution in [0.4, 0.5) is 0 Å². The molecule has 32 heavy (non-hydrogen) atoms. The Bertz CT molecular complexity index is 1430. The van der Waals surface area contributed by atoms with E-state index in [4.69, 9.17) is 26.4 Å². The molecule has 0 fully saturated rings. The summed E-state index contributed by atoms with van der Waals surface area (Å²) in [7, 11) is 1.62. The second-order valence-corrected chi connectivity index (χ2v) is 7.97. The standard InChI is InChI=1S/C25H20N2O4S/c1-14-8-18-20(31-25(28)23(18)24(32)26-14)11-17-9-16-10-21(29-2)22(12-19(16)27-17)30-13-15-6-4-3-5-7-15/h3-12,27H,13H2,1-2H3,(H,26,32)/b20-11-. The van der Waals surface area contributed by atoms with E-state index in [-0.39, 0.29) is 0 Å². The lowest BCUT2D eigenvalue weighted by molar-refractivity contribution is 0.0716. The number of hydrogen-bond acceptors (Lipinski definition) is 5. The Kier molecular flexibility index (Phi) is 5.03. The number of ether oxygens (including phenoxy) is 3. The van der Waals surface area contributed by atoms with Gasteiger partial charge in [-0.05, 0) is 30.7 Å². The normalized spacial score (nSPS) is 13.9. The minimum atomic E-state index is -0.443. The Morgan fingerprint density at radius 2 is 1.88 bits per heavy atom. The van der Waals surface area contributed by atoms with E-state index in [0.717, 1.165) is 27.9 Å². The average Bonchev–Trinajstić information content (AvgIpc) is 3.31. The first-order valence-corrected chi connectivity index (χ1v) is 10.5. The summed E-state index contributed by atoms with van der Waals surface area (Å²) in [6, 6.07) is 17.6. The van der Waals surface area contributed by atoms with Crippen molar-refractivity contribution in [2.75, 3.05) is 7.11 Å². The maximum Gasteiger partial charge on any atom is 0.347 e. The molecular weight excluding hydrogens is 424 g/mol. The maximum atomic E-state index is 12.3. The fourth-order valence-electron chi connectivity index (χ4n) is 3.79. The summed E-state index contributed by atoms with van der Waals surface area (Å²) in [5, 5.41) is 0.951. The predicted octanol–water partition coefficient (Wildman–Crippen LogP) is 5.79.